The lowest BCUT2D eigenvalue weighted by Gasteiger charge is -2.42. The summed E-state index contributed by atoms with van der Waals surface area (Å²) in [5, 5.41) is 20.3. The highest BCUT2D eigenvalue weighted by Gasteiger charge is 2.46. The topological polar surface area (TPSA) is 76.0 Å². The number of hydrogen-bond acceptors (Lipinski definition) is 5. The van der Waals surface area contributed by atoms with Gasteiger partial charge in [-0.3, -0.25) is 0 Å². The van der Waals surface area contributed by atoms with Crippen LogP contribution in [0.5, 0.6) is 0 Å². The third-order valence-electron chi connectivity index (χ3n) is 9.11. The van der Waals surface area contributed by atoms with E-state index >= 15 is 0 Å². The van der Waals surface area contributed by atoms with E-state index in [1.54, 1.807) is 0 Å². The summed E-state index contributed by atoms with van der Waals surface area (Å²) in [6, 6.07) is 0. The van der Waals surface area contributed by atoms with Gasteiger partial charge in [-0.1, -0.05) is 56.6 Å². The molecule has 3 saturated carbocycles. The van der Waals surface area contributed by atoms with Gasteiger partial charge >= 0.3 is 5.97 Å². The van der Waals surface area contributed by atoms with Crippen LogP contribution >= 0.6 is 0 Å². The van der Waals surface area contributed by atoms with Crippen LogP contribution in [-0.2, 0) is 14.3 Å². The Bertz CT molecular complexity index is 891. The number of carbonyl (C=O) groups is 1. The minimum absolute atomic E-state index is 0.0112. The molecule has 0 aromatic heterocycles. The Morgan fingerprint density at radius 3 is 2.64 bits per heavy atom. The highest BCUT2D eigenvalue weighted by Crippen LogP contribution is 2.55. The number of aliphatic hydroxyl groups is 2. The Kier molecular flexibility index (Phi) is 9.29. The molecule has 2 N–H and O–H groups in total. The maximum absolute atomic E-state index is 12.5. The van der Waals surface area contributed by atoms with E-state index in [-0.39, 0.29) is 30.2 Å². The molecular weight excluding hydrogens is 452 g/mol. The lowest BCUT2D eigenvalue weighted by Crippen LogP contribution is -2.35. The van der Waals surface area contributed by atoms with E-state index in [4.69, 9.17) is 9.47 Å². The van der Waals surface area contributed by atoms with Crippen LogP contribution in [-0.4, -0.2) is 47.2 Å². The van der Waals surface area contributed by atoms with E-state index < -0.39 is 12.2 Å². The van der Waals surface area contributed by atoms with Crippen LogP contribution in [0.1, 0.15) is 97.3 Å². The summed E-state index contributed by atoms with van der Waals surface area (Å²) < 4.78 is 11.8. The van der Waals surface area contributed by atoms with Gasteiger partial charge in [0, 0.05) is 6.42 Å². The summed E-state index contributed by atoms with van der Waals surface area (Å²) in [5.74, 6) is 0.179. The zero-order valence-electron chi connectivity index (χ0n) is 22.3. The molecule has 5 nitrogen and oxygen atoms in total. The van der Waals surface area contributed by atoms with Gasteiger partial charge in [-0.25, -0.2) is 4.79 Å². The van der Waals surface area contributed by atoms with Crippen molar-refractivity contribution in [2.24, 2.45) is 11.3 Å². The van der Waals surface area contributed by atoms with Crippen molar-refractivity contribution in [3.8, 4) is 0 Å². The molecular formula is C31H46O5. The second-order valence-corrected chi connectivity index (χ2v) is 11.7. The fraction of sp³-hybridized carbons (Fsp3) is 0.710. The Labute approximate surface area is 217 Å². The number of allylic oxidation sites excluding steroid dienone is 4. The van der Waals surface area contributed by atoms with E-state index in [1.807, 2.05) is 0 Å². The van der Waals surface area contributed by atoms with Gasteiger partial charge in [0.15, 0.2) is 0 Å². The second kappa shape index (κ2) is 12.2. The summed E-state index contributed by atoms with van der Waals surface area (Å²) in [6.45, 7) is 8.47. The molecule has 0 bridgehead atoms. The molecule has 0 aromatic rings. The number of aliphatic hydroxyl groups excluding tert-OH is 2. The number of hydrogen-bond donors (Lipinski definition) is 2. The first-order valence-electron chi connectivity index (χ1n) is 14.2. The van der Waals surface area contributed by atoms with Gasteiger partial charge in [0.2, 0.25) is 0 Å². The molecule has 0 unspecified atom stereocenters. The Hall–Kier alpha value is -1.69. The van der Waals surface area contributed by atoms with Crippen molar-refractivity contribution in [2.45, 2.75) is 122 Å². The molecule has 0 saturated heterocycles. The first kappa shape index (κ1) is 27.3. The molecule has 0 spiro atoms. The summed E-state index contributed by atoms with van der Waals surface area (Å²) >= 11 is 0. The maximum Gasteiger partial charge on any atom is 0.332 e. The average molecular weight is 499 g/mol. The van der Waals surface area contributed by atoms with Crippen LogP contribution in [0, 0.1) is 11.3 Å². The fourth-order valence-corrected chi connectivity index (χ4v) is 6.99. The quantitative estimate of drug-likeness (QED) is 0.341. The number of carbonyl (C=O) groups excluding carboxylic acids is 1. The Balaban J connectivity index is 1.35. The average Bonchev–Trinajstić information content (AvgIpc) is 3.18. The van der Waals surface area contributed by atoms with Crippen LogP contribution in [0.2, 0.25) is 0 Å². The molecule has 5 atom stereocenters. The standard InChI is InChI=1S/C31H46O5/c1-21-24(18-25(32)19-29(21)33)14-13-23-10-9-17-31(3)27(15-16-28(23)31)22(2)35-20-30(34)36-26-11-7-5-4-6-8-12-26/h13-15,22,25-26,28-29,32-33H,1,4-12,16-20H2,2-3H3/t22-,25+,28-,29-,31+/m0/s1. The normalized spacial score (nSPS) is 35.2. The van der Waals surface area contributed by atoms with Crippen molar-refractivity contribution in [1.29, 1.82) is 0 Å². The van der Waals surface area contributed by atoms with Gasteiger partial charge in [0.25, 0.3) is 0 Å². The summed E-state index contributed by atoms with van der Waals surface area (Å²) in [7, 11) is 0. The van der Waals surface area contributed by atoms with E-state index in [9.17, 15) is 15.0 Å². The fourth-order valence-electron chi connectivity index (χ4n) is 6.99. The third-order valence-corrected chi connectivity index (χ3v) is 9.11. The van der Waals surface area contributed by atoms with E-state index in [2.05, 4.69) is 38.7 Å². The van der Waals surface area contributed by atoms with E-state index in [1.165, 1.54) is 30.4 Å². The predicted octanol–water partition coefficient (Wildman–Crippen LogP) is 6.11. The van der Waals surface area contributed by atoms with Gasteiger partial charge in [-0.15, -0.1) is 0 Å². The zero-order valence-corrected chi connectivity index (χ0v) is 22.3. The molecule has 36 heavy (non-hydrogen) atoms. The van der Waals surface area contributed by atoms with Gasteiger partial charge in [-0.05, 0) is 92.8 Å². The summed E-state index contributed by atoms with van der Waals surface area (Å²) in [5.41, 5.74) is 4.42. The molecule has 0 aromatic carbocycles. The zero-order chi connectivity index (χ0) is 25.7. The van der Waals surface area contributed by atoms with Gasteiger partial charge in [-0.2, -0.15) is 0 Å². The molecule has 200 valence electrons. The van der Waals surface area contributed by atoms with Crippen LogP contribution in [0.4, 0.5) is 0 Å². The maximum atomic E-state index is 12.5. The number of fused-ring (bicyclic) bond motifs is 1. The second-order valence-electron chi connectivity index (χ2n) is 11.7. The lowest BCUT2D eigenvalue weighted by molar-refractivity contribution is -0.156. The Morgan fingerprint density at radius 1 is 1.17 bits per heavy atom. The van der Waals surface area contributed by atoms with Crippen LogP contribution in [0.25, 0.3) is 0 Å². The molecule has 4 rings (SSSR count). The minimum atomic E-state index is -0.661. The minimum Gasteiger partial charge on any atom is -0.461 e. The van der Waals surface area contributed by atoms with Crippen LogP contribution < -0.4 is 0 Å². The predicted molar refractivity (Wildman–Crippen MR) is 142 cm³/mol. The molecule has 4 aliphatic carbocycles. The first-order chi connectivity index (χ1) is 17.3. The SMILES string of the molecule is C=C1C(=CC=C2CCC[C@]3(C)C([C@H](C)OCC(=O)OC4CCCCCCC4)=CC[C@@H]23)C[C@@H](O)C[C@@H]1O. The lowest BCUT2D eigenvalue weighted by atomic mass is 9.63. The largest absolute Gasteiger partial charge is 0.461 e. The van der Waals surface area contributed by atoms with E-state index in [0.717, 1.165) is 62.5 Å². The number of esters is 1. The third kappa shape index (κ3) is 6.41. The summed E-state index contributed by atoms with van der Waals surface area (Å²) in [4.78, 5) is 12.5. The van der Waals surface area contributed by atoms with Crippen LogP contribution in [0.3, 0.4) is 0 Å². The van der Waals surface area contributed by atoms with Crippen molar-refractivity contribution in [3.63, 3.8) is 0 Å². The van der Waals surface area contributed by atoms with Crippen molar-refractivity contribution < 1.29 is 24.5 Å². The molecule has 5 heteroatoms. The van der Waals surface area contributed by atoms with Crippen molar-refractivity contribution in [1.82, 2.24) is 0 Å². The van der Waals surface area contributed by atoms with Crippen molar-refractivity contribution in [2.75, 3.05) is 6.61 Å². The molecule has 4 aliphatic rings. The van der Waals surface area contributed by atoms with Gasteiger partial charge < -0.3 is 19.7 Å². The van der Waals surface area contributed by atoms with Crippen molar-refractivity contribution >= 4 is 5.97 Å². The molecule has 0 amide bonds. The Morgan fingerprint density at radius 2 is 1.89 bits per heavy atom. The monoisotopic (exact) mass is 498 g/mol. The first-order valence-corrected chi connectivity index (χ1v) is 14.2. The molecule has 0 heterocycles. The molecule has 0 aliphatic heterocycles. The van der Waals surface area contributed by atoms with Gasteiger partial charge in [0.05, 0.1) is 18.3 Å². The van der Waals surface area contributed by atoms with Crippen molar-refractivity contribution in [3.05, 3.63) is 47.1 Å². The molecule has 3 fully saturated rings. The van der Waals surface area contributed by atoms with Gasteiger partial charge in [0.1, 0.15) is 12.7 Å². The number of ether oxygens (including phenoxy) is 2. The molecule has 0 radical (unpaired) electrons. The van der Waals surface area contributed by atoms with E-state index in [0.29, 0.717) is 18.8 Å². The number of rotatable bonds is 6. The smallest absolute Gasteiger partial charge is 0.332 e. The highest BCUT2D eigenvalue weighted by atomic mass is 16.6. The highest BCUT2D eigenvalue weighted by molar-refractivity contribution is 5.71. The van der Waals surface area contributed by atoms with Crippen LogP contribution in [0.15, 0.2) is 47.1 Å². The summed E-state index contributed by atoms with van der Waals surface area (Å²) in [6.07, 6.45) is 18.6.